The summed E-state index contributed by atoms with van der Waals surface area (Å²) < 4.78 is 0. The van der Waals surface area contributed by atoms with E-state index in [-0.39, 0.29) is 0 Å². The summed E-state index contributed by atoms with van der Waals surface area (Å²) in [6.45, 7) is 11.9. The summed E-state index contributed by atoms with van der Waals surface area (Å²) in [6, 6.07) is 1.27. The quantitative estimate of drug-likeness (QED) is 0.465. The first kappa shape index (κ1) is 11.5. The van der Waals surface area contributed by atoms with E-state index in [1.54, 1.807) is 0 Å². The van der Waals surface area contributed by atoms with Crippen LogP contribution in [-0.2, 0) is 0 Å². The van der Waals surface area contributed by atoms with Crippen molar-refractivity contribution in [1.29, 1.82) is 0 Å². The lowest BCUT2D eigenvalue weighted by atomic mass is 10.5. The van der Waals surface area contributed by atoms with Crippen LogP contribution in [0.2, 0.25) is 23.7 Å². The Kier molecular flexibility index (Phi) is 4.72. The summed E-state index contributed by atoms with van der Waals surface area (Å²) in [7, 11) is -1.04. The minimum atomic E-state index is -1.04. The molecule has 0 aliphatic rings. The molecule has 0 N–H and O–H groups in total. The predicted octanol–water partition coefficient (Wildman–Crippen LogP) is 4.12. The molecular weight excluding hydrogens is 172 g/mol. The number of rotatable bonds is 4. The van der Waals surface area contributed by atoms with Crippen LogP contribution >= 0.6 is 11.6 Å². The maximum absolute atomic E-state index is 5.81. The summed E-state index contributed by atoms with van der Waals surface area (Å²) in [5.41, 5.74) is 1.72. The molecule has 0 nitrogen and oxygen atoms in total. The Morgan fingerprint density at radius 2 is 1.45 bits per heavy atom. The second kappa shape index (κ2) is 4.51. The van der Waals surface area contributed by atoms with Crippen LogP contribution < -0.4 is 0 Å². The van der Waals surface area contributed by atoms with E-state index < -0.39 is 8.07 Å². The molecule has 11 heavy (non-hydrogen) atoms. The van der Waals surface area contributed by atoms with Crippen molar-refractivity contribution in [2.75, 3.05) is 5.88 Å². The number of hydrogen-bond acceptors (Lipinski definition) is 0. The number of halogens is 1. The molecule has 0 saturated heterocycles. The van der Waals surface area contributed by atoms with Gasteiger partial charge in [-0.05, 0) is 6.04 Å². The van der Waals surface area contributed by atoms with E-state index in [1.165, 1.54) is 6.04 Å². The van der Waals surface area contributed by atoms with Crippen molar-refractivity contribution in [2.24, 2.45) is 0 Å². The first-order chi connectivity index (χ1) is 4.95. The third kappa shape index (κ3) is 2.79. The second-order valence-electron chi connectivity index (χ2n) is 4.25. The predicted molar refractivity (Wildman–Crippen MR) is 57.3 cm³/mol. The van der Waals surface area contributed by atoms with Crippen LogP contribution in [0.4, 0.5) is 0 Å². The molecule has 0 unspecified atom stereocenters. The summed E-state index contributed by atoms with van der Waals surface area (Å²) >= 11 is 5.81. The van der Waals surface area contributed by atoms with Gasteiger partial charge in [0, 0.05) is 5.88 Å². The van der Waals surface area contributed by atoms with Crippen molar-refractivity contribution in [2.45, 2.75) is 51.4 Å². The standard InChI is InChI=1S/C9H21ClSi/c1-8(2)11(5,7-6-10)9(3)4/h8-9H,6-7H2,1-5H3. The second-order valence-corrected chi connectivity index (χ2v) is 10.5. The first-order valence-electron chi connectivity index (χ1n) is 4.51. The summed E-state index contributed by atoms with van der Waals surface area (Å²) in [5.74, 6) is 0.846. The van der Waals surface area contributed by atoms with Gasteiger partial charge in [-0.2, -0.15) is 0 Å². The van der Waals surface area contributed by atoms with Gasteiger partial charge in [-0.1, -0.05) is 45.3 Å². The average Bonchev–Trinajstić information content (AvgIpc) is 1.87. The fraction of sp³-hybridized carbons (Fsp3) is 1.00. The molecule has 0 aliphatic carbocycles. The molecule has 0 aliphatic heterocycles. The van der Waals surface area contributed by atoms with Gasteiger partial charge in [0.1, 0.15) is 0 Å². The molecule has 0 heterocycles. The first-order valence-corrected chi connectivity index (χ1v) is 7.90. The molecule has 0 aromatic rings. The van der Waals surface area contributed by atoms with E-state index in [1.807, 2.05) is 0 Å². The van der Waals surface area contributed by atoms with Crippen LogP contribution in [0.15, 0.2) is 0 Å². The van der Waals surface area contributed by atoms with Crippen LogP contribution in [0.1, 0.15) is 27.7 Å². The molecule has 2 heteroatoms. The maximum Gasteiger partial charge on any atom is 0.0567 e. The highest BCUT2D eigenvalue weighted by Gasteiger charge is 2.33. The van der Waals surface area contributed by atoms with Gasteiger partial charge in [-0.15, -0.1) is 11.6 Å². The highest BCUT2D eigenvalue weighted by molar-refractivity contribution is 6.81. The smallest absolute Gasteiger partial charge is 0.0567 e. The van der Waals surface area contributed by atoms with Crippen LogP contribution in [0, 0.1) is 0 Å². The third-order valence-electron chi connectivity index (χ3n) is 3.27. The average molecular weight is 193 g/mol. The van der Waals surface area contributed by atoms with Gasteiger partial charge in [0.25, 0.3) is 0 Å². The lowest BCUT2D eigenvalue weighted by Gasteiger charge is -2.35. The van der Waals surface area contributed by atoms with E-state index in [0.29, 0.717) is 0 Å². The highest BCUT2D eigenvalue weighted by atomic mass is 35.5. The number of alkyl halides is 1. The van der Waals surface area contributed by atoms with Gasteiger partial charge in [-0.25, -0.2) is 0 Å². The van der Waals surface area contributed by atoms with Gasteiger partial charge in [0.05, 0.1) is 8.07 Å². The molecule has 0 atom stereocenters. The van der Waals surface area contributed by atoms with E-state index in [0.717, 1.165) is 17.0 Å². The van der Waals surface area contributed by atoms with Crippen molar-refractivity contribution in [3.63, 3.8) is 0 Å². The maximum atomic E-state index is 5.81. The molecule has 0 aromatic heterocycles. The van der Waals surface area contributed by atoms with Crippen LogP contribution in [-0.4, -0.2) is 14.0 Å². The highest BCUT2D eigenvalue weighted by Crippen LogP contribution is 2.35. The molecular formula is C9H21ClSi. The topological polar surface area (TPSA) is 0 Å². The van der Waals surface area contributed by atoms with Gasteiger partial charge >= 0.3 is 0 Å². The molecule has 0 fully saturated rings. The Balaban J connectivity index is 4.26. The van der Waals surface area contributed by atoms with E-state index >= 15 is 0 Å². The fourth-order valence-corrected chi connectivity index (χ4v) is 5.56. The van der Waals surface area contributed by atoms with Crippen LogP contribution in [0.25, 0.3) is 0 Å². The Hall–Kier alpha value is 0.507. The minimum Gasteiger partial charge on any atom is -0.127 e. The van der Waals surface area contributed by atoms with Crippen molar-refractivity contribution < 1.29 is 0 Å². The van der Waals surface area contributed by atoms with Gasteiger partial charge in [0.2, 0.25) is 0 Å². The van der Waals surface area contributed by atoms with Gasteiger partial charge in [0.15, 0.2) is 0 Å². The zero-order chi connectivity index (χ0) is 9.07. The van der Waals surface area contributed by atoms with Crippen LogP contribution in [0.3, 0.4) is 0 Å². The lowest BCUT2D eigenvalue weighted by molar-refractivity contribution is 0.885. The SMILES string of the molecule is CC(C)[Si](C)(CCCl)C(C)C. The normalized spacial score (nSPS) is 13.1. The molecule has 0 rings (SSSR count). The Bertz CT molecular complexity index is 102. The van der Waals surface area contributed by atoms with E-state index in [4.69, 9.17) is 11.6 Å². The molecule has 0 amide bonds. The van der Waals surface area contributed by atoms with Crippen LogP contribution in [0.5, 0.6) is 0 Å². The Morgan fingerprint density at radius 1 is 1.09 bits per heavy atom. The molecule has 0 spiro atoms. The van der Waals surface area contributed by atoms with Crippen molar-refractivity contribution >= 4 is 19.7 Å². The van der Waals surface area contributed by atoms with E-state index in [9.17, 15) is 0 Å². The van der Waals surface area contributed by atoms with Crippen molar-refractivity contribution in [3.05, 3.63) is 0 Å². The number of hydrogen-bond donors (Lipinski definition) is 0. The monoisotopic (exact) mass is 192 g/mol. The largest absolute Gasteiger partial charge is 0.127 e. The fourth-order valence-electron chi connectivity index (χ4n) is 1.45. The Labute approximate surface area is 77.3 Å². The van der Waals surface area contributed by atoms with Crippen molar-refractivity contribution in [1.82, 2.24) is 0 Å². The lowest BCUT2D eigenvalue weighted by Crippen LogP contribution is -2.37. The van der Waals surface area contributed by atoms with Gasteiger partial charge < -0.3 is 0 Å². The molecule has 0 saturated carbocycles. The Morgan fingerprint density at radius 3 is 1.55 bits per heavy atom. The minimum absolute atomic E-state index is 0.846. The molecule has 0 aromatic carbocycles. The van der Waals surface area contributed by atoms with Crippen molar-refractivity contribution in [3.8, 4) is 0 Å². The van der Waals surface area contributed by atoms with E-state index in [2.05, 4.69) is 34.2 Å². The third-order valence-corrected chi connectivity index (χ3v) is 10.4. The zero-order valence-electron chi connectivity index (χ0n) is 8.45. The summed E-state index contributed by atoms with van der Waals surface area (Å²) in [4.78, 5) is 0. The van der Waals surface area contributed by atoms with Gasteiger partial charge in [-0.3, -0.25) is 0 Å². The summed E-state index contributed by atoms with van der Waals surface area (Å²) in [5, 5.41) is 0. The zero-order valence-corrected chi connectivity index (χ0v) is 10.2. The summed E-state index contributed by atoms with van der Waals surface area (Å²) in [6.07, 6.45) is 0. The molecule has 68 valence electrons. The molecule has 0 radical (unpaired) electrons. The molecule has 0 bridgehead atoms.